The highest BCUT2D eigenvalue weighted by molar-refractivity contribution is 9.10. The van der Waals surface area contributed by atoms with Crippen LogP contribution in [0.4, 0.5) is 0 Å². The maximum absolute atomic E-state index is 12.0. The van der Waals surface area contributed by atoms with Gasteiger partial charge in [0.2, 0.25) is 0 Å². The maximum atomic E-state index is 12.0. The summed E-state index contributed by atoms with van der Waals surface area (Å²) in [6.45, 7) is 0.986. The molecule has 0 unspecified atom stereocenters. The Morgan fingerprint density at radius 2 is 2.09 bits per heavy atom. The first-order valence-corrected chi connectivity index (χ1v) is 8.67. The number of benzene rings is 1. The molecule has 0 bridgehead atoms. The first-order chi connectivity index (χ1) is 11.2. The summed E-state index contributed by atoms with van der Waals surface area (Å²) in [5.74, 6) is -0.241. The summed E-state index contributed by atoms with van der Waals surface area (Å²) < 4.78 is 6.09. The van der Waals surface area contributed by atoms with Crippen molar-refractivity contribution >= 4 is 33.6 Å². The molecule has 23 heavy (non-hydrogen) atoms. The zero-order valence-electron chi connectivity index (χ0n) is 12.4. The third kappa shape index (κ3) is 6.31. The lowest BCUT2D eigenvalue weighted by Gasteiger charge is -2.07. The highest BCUT2D eigenvalue weighted by Crippen LogP contribution is 2.28. The summed E-state index contributed by atoms with van der Waals surface area (Å²) in [4.78, 5) is 17.5. The second-order valence-corrected chi connectivity index (χ2v) is 6.52. The van der Waals surface area contributed by atoms with Crippen LogP contribution in [0.1, 0.15) is 10.5 Å². The third-order valence-corrected chi connectivity index (χ3v) is 4.16. The van der Waals surface area contributed by atoms with Crippen LogP contribution >= 0.6 is 27.7 Å². The Morgan fingerprint density at radius 3 is 2.87 bits per heavy atom. The number of nitrogens with one attached hydrogen (secondary N) is 1. The van der Waals surface area contributed by atoms with E-state index in [-0.39, 0.29) is 19.1 Å². The van der Waals surface area contributed by atoms with Crippen LogP contribution in [0.3, 0.4) is 0 Å². The van der Waals surface area contributed by atoms with Gasteiger partial charge in [0.05, 0.1) is 19.8 Å². The van der Waals surface area contributed by atoms with Crippen molar-refractivity contribution in [2.75, 3.05) is 26.4 Å². The van der Waals surface area contributed by atoms with Crippen molar-refractivity contribution in [3.05, 3.63) is 52.6 Å². The number of hydrogen-bond donors (Lipinski definition) is 2. The van der Waals surface area contributed by atoms with Crippen LogP contribution in [0.25, 0.3) is 0 Å². The zero-order chi connectivity index (χ0) is 16.5. The Labute approximate surface area is 147 Å². The lowest BCUT2D eigenvalue weighted by molar-refractivity contribution is 0.0835. The molecule has 0 aliphatic rings. The summed E-state index contributed by atoms with van der Waals surface area (Å²) in [6.07, 6.45) is 0. The molecular formula is C16H17BrN2O3S. The van der Waals surface area contributed by atoms with E-state index >= 15 is 0 Å². The summed E-state index contributed by atoms with van der Waals surface area (Å²) >= 11 is 4.93. The van der Waals surface area contributed by atoms with E-state index < -0.39 is 0 Å². The summed E-state index contributed by atoms with van der Waals surface area (Å²) in [7, 11) is 0. The molecule has 122 valence electrons. The Hall–Kier alpha value is -1.41. The van der Waals surface area contributed by atoms with E-state index in [1.807, 2.05) is 36.4 Å². The van der Waals surface area contributed by atoms with Gasteiger partial charge in [-0.05, 0) is 30.3 Å². The fraction of sp³-hybridized carbons (Fsp3) is 0.250. The molecule has 2 aromatic rings. The molecule has 2 N–H and O–H groups in total. The zero-order valence-corrected chi connectivity index (χ0v) is 14.8. The van der Waals surface area contributed by atoms with Crippen molar-refractivity contribution in [1.29, 1.82) is 0 Å². The first-order valence-electron chi connectivity index (χ1n) is 7.06. The van der Waals surface area contributed by atoms with Gasteiger partial charge >= 0.3 is 0 Å². The Bertz CT molecular complexity index is 655. The molecule has 1 aromatic carbocycles. The van der Waals surface area contributed by atoms with Gasteiger partial charge < -0.3 is 15.2 Å². The number of carbonyl (C=O) groups excluding carboxylic acids is 1. The summed E-state index contributed by atoms with van der Waals surface area (Å²) in [5.41, 5.74) is 0.368. The average Bonchev–Trinajstić information content (AvgIpc) is 2.55. The van der Waals surface area contributed by atoms with Crippen molar-refractivity contribution < 1.29 is 14.6 Å². The fourth-order valence-corrected chi connectivity index (χ4v) is 3.16. The minimum absolute atomic E-state index is 0.0234. The monoisotopic (exact) mass is 396 g/mol. The van der Waals surface area contributed by atoms with E-state index in [9.17, 15) is 4.79 Å². The van der Waals surface area contributed by atoms with Gasteiger partial charge in [-0.25, -0.2) is 4.98 Å². The number of hydrogen-bond acceptors (Lipinski definition) is 5. The molecule has 2 rings (SSSR count). The topological polar surface area (TPSA) is 71.5 Å². The normalized spacial score (nSPS) is 10.5. The molecule has 1 heterocycles. The van der Waals surface area contributed by atoms with Crippen LogP contribution in [-0.4, -0.2) is 42.4 Å². The van der Waals surface area contributed by atoms with Crippen LogP contribution in [0, 0.1) is 0 Å². The molecular weight excluding hydrogens is 380 g/mol. The van der Waals surface area contributed by atoms with E-state index in [4.69, 9.17) is 9.84 Å². The fourth-order valence-electron chi connectivity index (χ4n) is 1.74. The molecule has 7 heteroatoms. The predicted octanol–water partition coefficient (Wildman–Crippen LogP) is 2.73. The van der Waals surface area contributed by atoms with Gasteiger partial charge in [-0.3, -0.25) is 4.79 Å². The van der Waals surface area contributed by atoms with Crippen LogP contribution in [-0.2, 0) is 4.74 Å². The van der Waals surface area contributed by atoms with Gasteiger partial charge in [0.15, 0.2) is 0 Å². The number of amides is 1. The quantitative estimate of drug-likeness (QED) is 0.671. The van der Waals surface area contributed by atoms with E-state index in [1.54, 1.807) is 6.07 Å². The van der Waals surface area contributed by atoms with Crippen molar-refractivity contribution in [3.8, 4) is 0 Å². The average molecular weight is 397 g/mol. The minimum atomic E-state index is -0.241. The smallest absolute Gasteiger partial charge is 0.270 e. The lowest BCUT2D eigenvalue weighted by atomic mass is 10.3. The highest BCUT2D eigenvalue weighted by Gasteiger charge is 2.08. The molecule has 1 aromatic heterocycles. The van der Waals surface area contributed by atoms with E-state index in [0.717, 1.165) is 14.4 Å². The molecule has 1 amide bonds. The van der Waals surface area contributed by atoms with Gasteiger partial charge in [0.1, 0.15) is 10.7 Å². The Morgan fingerprint density at radius 1 is 1.26 bits per heavy atom. The molecule has 0 atom stereocenters. The van der Waals surface area contributed by atoms with Gasteiger partial charge in [0, 0.05) is 15.9 Å². The number of pyridine rings is 1. The third-order valence-electron chi connectivity index (χ3n) is 2.74. The predicted molar refractivity (Wildman–Crippen MR) is 92.7 cm³/mol. The van der Waals surface area contributed by atoms with Crippen molar-refractivity contribution in [2.45, 2.75) is 9.92 Å². The van der Waals surface area contributed by atoms with Gasteiger partial charge in [0.25, 0.3) is 5.91 Å². The van der Waals surface area contributed by atoms with E-state index in [0.29, 0.717) is 18.8 Å². The lowest BCUT2D eigenvalue weighted by Crippen LogP contribution is -2.28. The molecule has 0 saturated carbocycles. The number of ether oxygens (including phenoxy) is 1. The number of aliphatic hydroxyl groups is 1. The van der Waals surface area contributed by atoms with Crippen molar-refractivity contribution in [1.82, 2.24) is 10.3 Å². The molecule has 0 aliphatic carbocycles. The highest BCUT2D eigenvalue weighted by atomic mass is 79.9. The van der Waals surface area contributed by atoms with Crippen LogP contribution in [0.5, 0.6) is 0 Å². The van der Waals surface area contributed by atoms with Gasteiger partial charge in [-0.1, -0.05) is 39.8 Å². The largest absolute Gasteiger partial charge is 0.394 e. The summed E-state index contributed by atoms with van der Waals surface area (Å²) in [5, 5.41) is 12.1. The number of carbonyl (C=O) groups is 1. The molecule has 0 aliphatic heterocycles. The first kappa shape index (κ1) is 17.9. The maximum Gasteiger partial charge on any atom is 0.270 e. The SMILES string of the molecule is O=C(NCCOCCO)c1cccc(Sc2cccc(Br)c2)n1. The van der Waals surface area contributed by atoms with Gasteiger partial charge in [-0.15, -0.1) is 0 Å². The molecule has 0 radical (unpaired) electrons. The van der Waals surface area contributed by atoms with Crippen molar-refractivity contribution in [3.63, 3.8) is 0 Å². The second kappa shape index (κ2) is 9.67. The number of aromatic nitrogens is 1. The van der Waals surface area contributed by atoms with E-state index in [1.165, 1.54) is 11.8 Å². The number of nitrogens with zero attached hydrogens (tertiary/aromatic N) is 1. The van der Waals surface area contributed by atoms with Gasteiger partial charge in [-0.2, -0.15) is 0 Å². The number of halogens is 1. The van der Waals surface area contributed by atoms with Crippen LogP contribution in [0.15, 0.2) is 56.9 Å². The van der Waals surface area contributed by atoms with Crippen LogP contribution in [0.2, 0.25) is 0 Å². The van der Waals surface area contributed by atoms with E-state index in [2.05, 4.69) is 26.2 Å². The van der Waals surface area contributed by atoms with Crippen LogP contribution < -0.4 is 5.32 Å². The Balaban J connectivity index is 1.92. The molecule has 0 saturated heterocycles. The molecule has 0 fully saturated rings. The standard InChI is InChI=1S/C16H17BrN2O3S/c17-12-3-1-4-13(11-12)23-15-6-2-5-14(19-15)16(21)18-7-9-22-10-8-20/h1-6,11,20H,7-10H2,(H,18,21). The number of rotatable bonds is 8. The molecule has 0 spiro atoms. The minimum Gasteiger partial charge on any atom is -0.394 e. The van der Waals surface area contributed by atoms with Crippen molar-refractivity contribution in [2.24, 2.45) is 0 Å². The Kier molecular flexibility index (Phi) is 7.54. The summed E-state index contributed by atoms with van der Waals surface area (Å²) in [6, 6.07) is 13.3. The number of aliphatic hydroxyl groups excluding tert-OH is 1. The second-order valence-electron chi connectivity index (χ2n) is 4.51. The molecule has 5 nitrogen and oxygen atoms in total.